The predicted molar refractivity (Wildman–Crippen MR) is 125 cm³/mol. The summed E-state index contributed by atoms with van der Waals surface area (Å²) in [4.78, 5) is 8.62. The van der Waals surface area contributed by atoms with Crippen LogP contribution in [0, 0.1) is 20.8 Å². The zero-order chi connectivity index (χ0) is 19.2. The third-order valence-corrected chi connectivity index (χ3v) is 4.46. The van der Waals surface area contributed by atoms with Crippen LogP contribution in [0.4, 0.5) is 0 Å². The van der Waals surface area contributed by atoms with Gasteiger partial charge in [-0.2, -0.15) is 0 Å². The lowest BCUT2D eigenvalue weighted by Gasteiger charge is -2.12. The van der Waals surface area contributed by atoms with Crippen LogP contribution in [-0.4, -0.2) is 18.0 Å². The van der Waals surface area contributed by atoms with Crippen LogP contribution in [0.15, 0.2) is 58.1 Å². The molecule has 0 atom stereocenters. The molecule has 1 heterocycles. The molecule has 0 unspecified atom stereocenters. The van der Waals surface area contributed by atoms with Gasteiger partial charge in [0.2, 0.25) is 5.89 Å². The SMILES string of the molecule is CN=C(NCc1ncc(-c2ccc(C)cc2)o1)NCc1ccc(C)cc1C.I. The molecule has 0 saturated heterocycles. The van der Waals surface area contributed by atoms with Crippen LogP contribution >= 0.6 is 24.0 Å². The van der Waals surface area contributed by atoms with Crippen molar-refractivity contribution in [2.24, 2.45) is 4.99 Å². The minimum absolute atomic E-state index is 0. The highest BCUT2D eigenvalue weighted by Gasteiger charge is 2.07. The molecule has 0 aliphatic heterocycles. The van der Waals surface area contributed by atoms with E-state index in [0.29, 0.717) is 24.9 Å². The number of aromatic nitrogens is 1. The fourth-order valence-electron chi connectivity index (χ4n) is 2.85. The first-order chi connectivity index (χ1) is 13.0. The van der Waals surface area contributed by atoms with Gasteiger partial charge in [0.05, 0.1) is 12.7 Å². The number of aliphatic imine (C=N–C) groups is 1. The topological polar surface area (TPSA) is 62.5 Å². The van der Waals surface area contributed by atoms with Crippen molar-refractivity contribution in [3.05, 3.63) is 76.8 Å². The number of benzene rings is 2. The molecular weight excluding hydrogens is 463 g/mol. The van der Waals surface area contributed by atoms with E-state index in [4.69, 9.17) is 4.42 Å². The second-order valence-corrected chi connectivity index (χ2v) is 6.69. The maximum Gasteiger partial charge on any atom is 0.214 e. The van der Waals surface area contributed by atoms with Crippen molar-refractivity contribution >= 4 is 29.9 Å². The number of aryl methyl sites for hydroxylation is 3. The summed E-state index contributed by atoms with van der Waals surface area (Å²) in [5.74, 6) is 2.11. The highest BCUT2D eigenvalue weighted by Crippen LogP contribution is 2.20. The molecule has 148 valence electrons. The highest BCUT2D eigenvalue weighted by atomic mass is 127. The van der Waals surface area contributed by atoms with Crippen LogP contribution in [-0.2, 0) is 13.1 Å². The van der Waals surface area contributed by atoms with Crippen molar-refractivity contribution in [2.45, 2.75) is 33.9 Å². The standard InChI is InChI=1S/C22H26N4O.HI/c1-15-5-8-18(9-6-15)20-13-24-21(27-20)14-26-22(23-4)25-12-19-10-7-16(2)11-17(19)3;/h5-11,13H,12,14H2,1-4H3,(H2,23,25,26);1H. The number of hydrogen-bond acceptors (Lipinski definition) is 3. The average Bonchev–Trinajstić information content (AvgIpc) is 3.13. The van der Waals surface area contributed by atoms with Gasteiger partial charge in [0.15, 0.2) is 11.7 Å². The molecule has 1 aromatic heterocycles. The summed E-state index contributed by atoms with van der Waals surface area (Å²) in [6.45, 7) is 7.48. The van der Waals surface area contributed by atoms with E-state index in [0.717, 1.165) is 11.3 Å². The second kappa shape index (κ2) is 10.3. The van der Waals surface area contributed by atoms with E-state index in [9.17, 15) is 0 Å². The first kappa shape index (κ1) is 21.9. The van der Waals surface area contributed by atoms with Gasteiger partial charge in [-0.25, -0.2) is 4.98 Å². The molecule has 5 nitrogen and oxygen atoms in total. The molecule has 0 aliphatic carbocycles. The van der Waals surface area contributed by atoms with Crippen molar-refractivity contribution in [1.29, 1.82) is 0 Å². The Hall–Kier alpha value is -2.35. The zero-order valence-corrected chi connectivity index (χ0v) is 19.1. The van der Waals surface area contributed by atoms with Gasteiger partial charge in [0, 0.05) is 19.2 Å². The van der Waals surface area contributed by atoms with Gasteiger partial charge in [-0.15, -0.1) is 24.0 Å². The summed E-state index contributed by atoms with van der Waals surface area (Å²) >= 11 is 0. The predicted octanol–water partition coefficient (Wildman–Crippen LogP) is 4.75. The van der Waals surface area contributed by atoms with Gasteiger partial charge in [-0.3, -0.25) is 4.99 Å². The molecule has 3 aromatic rings. The van der Waals surface area contributed by atoms with Crippen LogP contribution in [0.2, 0.25) is 0 Å². The maximum atomic E-state index is 5.84. The number of halogens is 1. The monoisotopic (exact) mass is 490 g/mol. The smallest absolute Gasteiger partial charge is 0.214 e. The van der Waals surface area contributed by atoms with Crippen molar-refractivity contribution in [3.63, 3.8) is 0 Å². The Balaban J connectivity index is 0.00000280. The average molecular weight is 490 g/mol. The van der Waals surface area contributed by atoms with Crippen molar-refractivity contribution in [1.82, 2.24) is 15.6 Å². The van der Waals surface area contributed by atoms with Gasteiger partial charge in [0.25, 0.3) is 0 Å². The molecule has 0 bridgehead atoms. The number of nitrogens with one attached hydrogen (secondary N) is 2. The first-order valence-corrected chi connectivity index (χ1v) is 9.07. The molecule has 28 heavy (non-hydrogen) atoms. The Morgan fingerprint density at radius 1 is 0.964 bits per heavy atom. The summed E-state index contributed by atoms with van der Waals surface area (Å²) in [5.41, 5.74) is 6.04. The summed E-state index contributed by atoms with van der Waals surface area (Å²) < 4.78 is 5.84. The van der Waals surface area contributed by atoms with Crippen LogP contribution < -0.4 is 10.6 Å². The Morgan fingerprint density at radius 2 is 1.64 bits per heavy atom. The molecule has 2 N–H and O–H groups in total. The van der Waals surface area contributed by atoms with E-state index < -0.39 is 0 Å². The van der Waals surface area contributed by atoms with Crippen LogP contribution in [0.25, 0.3) is 11.3 Å². The van der Waals surface area contributed by atoms with E-state index in [-0.39, 0.29) is 24.0 Å². The number of guanidine groups is 1. The second-order valence-electron chi connectivity index (χ2n) is 6.69. The number of nitrogens with zero attached hydrogens (tertiary/aromatic N) is 2. The zero-order valence-electron chi connectivity index (χ0n) is 16.7. The molecule has 0 aliphatic rings. The van der Waals surface area contributed by atoms with Crippen LogP contribution in [0.3, 0.4) is 0 Å². The lowest BCUT2D eigenvalue weighted by Crippen LogP contribution is -2.36. The molecule has 0 amide bonds. The largest absolute Gasteiger partial charge is 0.439 e. The normalized spacial score (nSPS) is 11.1. The summed E-state index contributed by atoms with van der Waals surface area (Å²) in [7, 11) is 1.75. The van der Waals surface area contributed by atoms with E-state index in [1.165, 1.54) is 22.3 Å². The highest BCUT2D eigenvalue weighted by molar-refractivity contribution is 14.0. The fourth-order valence-corrected chi connectivity index (χ4v) is 2.85. The Bertz CT molecular complexity index is 932. The number of oxazole rings is 1. The van der Waals surface area contributed by atoms with E-state index in [2.05, 4.69) is 71.7 Å². The molecule has 0 fully saturated rings. The molecule has 0 radical (unpaired) electrons. The van der Waals surface area contributed by atoms with Crippen molar-refractivity contribution in [2.75, 3.05) is 7.05 Å². The Labute approximate surface area is 183 Å². The Morgan fingerprint density at radius 3 is 2.32 bits per heavy atom. The first-order valence-electron chi connectivity index (χ1n) is 9.07. The van der Waals surface area contributed by atoms with Gasteiger partial charge >= 0.3 is 0 Å². The van der Waals surface area contributed by atoms with Gasteiger partial charge in [-0.1, -0.05) is 53.6 Å². The van der Waals surface area contributed by atoms with E-state index in [1.807, 2.05) is 12.1 Å². The lowest BCUT2D eigenvalue weighted by atomic mass is 10.1. The lowest BCUT2D eigenvalue weighted by molar-refractivity contribution is 0.497. The van der Waals surface area contributed by atoms with E-state index in [1.54, 1.807) is 13.2 Å². The molecule has 2 aromatic carbocycles. The summed E-state index contributed by atoms with van der Waals surface area (Å²) in [6.07, 6.45) is 1.76. The Kier molecular flexibility index (Phi) is 8.04. The summed E-state index contributed by atoms with van der Waals surface area (Å²) in [6, 6.07) is 14.7. The van der Waals surface area contributed by atoms with Crippen molar-refractivity contribution in [3.8, 4) is 11.3 Å². The molecule has 0 saturated carbocycles. The van der Waals surface area contributed by atoms with Crippen LogP contribution in [0.5, 0.6) is 0 Å². The minimum Gasteiger partial charge on any atom is -0.439 e. The fraction of sp³-hybridized carbons (Fsp3) is 0.273. The molecule has 3 rings (SSSR count). The third-order valence-electron chi connectivity index (χ3n) is 4.46. The van der Waals surface area contributed by atoms with Crippen molar-refractivity contribution < 1.29 is 4.42 Å². The van der Waals surface area contributed by atoms with Gasteiger partial charge < -0.3 is 15.1 Å². The maximum absolute atomic E-state index is 5.84. The minimum atomic E-state index is 0. The van der Waals surface area contributed by atoms with E-state index >= 15 is 0 Å². The molecule has 6 heteroatoms. The number of rotatable bonds is 5. The summed E-state index contributed by atoms with van der Waals surface area (Å²) in [5, 5.41) is 6.57. The molecule has 0 spiro atoms. The van der Waals surface area contributed by atoms with Crippen LogP contribution in [0.1, 0.15) is 28.1 Å². The number of hydrogen-bond donors (Lipinski definition) is 2. The quantitative estimate of drug-likeness (QED) is 0.308. The molecular formula is C22H27IN4O. The van der Waals surface area contributed by atoms with Gasteiger partial charge in [0.1, 0.15) is 0 Å². The third kappa shape index (κ3) is 5.82. The van der Waals surface area contributed by atoms with Gasteiger partial charge in [-0.05, 0) is 31.9 Å².